The van der Waals surface area contributed by atoms with Crippen LogP contribution in [-0.2, 0) is 18.3 Å². The van der Waals surface area contributed by atoms with Gasteiger partial charge in [0.2, 0.25) is 0 Å². The second-order valence-electron chi connectivity index (χ2n) is 1.06. The zero-order chi connectivity index (χ0) is 9.12. The van der Waals surface area contributed by atoms with Crippen molar-refractivity contribution in [1.82, 2.24) is 0 Å². The van der Waals surface area contributed by atoms with Crippen LogP contribution in [0.5, 0.6) is 0 Å². The first kappa shape index (κ1) is 26.6. The molecule has 0 aromatic heterocycles. The Balaban J connectivity index is -0.000000167. The third kappa shape index (κ3) is 25.1. The first-order valence-electron chi connectivity index (χ1n) is 1.70. The molecule has 2 radical (unpaired) electrons. The Hall–Kier alpha value is 4.10. The van der Waals surface area contributed by atoms with Crippen LogP contribution >= 0.6 is 29.5 Å². The van der Waals surface area contributed by atoms with Crippen molar-refractivity contribution in [3.8, 4) is 0 Å². The van der Waals surface area contributed by atoms with Crippen molar-refractivity contribution >= 4 is 151 Å². The normalized spacial score (nSPS) is 10.4. The maximum atomic E-state index is 9.92. The fourth-order valence-corrected chi connectivity index (χ4v) is 8.44. The predicted octanol–water partition coefficient (Wildman–Crippen LogP) is -0.965. The molecule has 14 heavy (non-hydrogen) atoms. The third-order valence-electron chi connectivity index (χ3n) is 0.228. The van der Waals surface area contributed by atoms with Crippen molar-refractivity contribution in [1.29, 1.82) is 0 Å². The SMILES string of the molecule is O.O=S(=O)(O)SSSS(=O)(=O)O.[K].[K]. The Bertz CT molecular complexity index is 269. The van der Waals surface area contributed by atoms with Gasteiger partial charge < -0.3 is 5.48 Å². The molecule has 0 aliphatic carbocycles. The summed E-state index contributed by atoms with van der Waals surface area (Å²) in [4.78, 5) is 0. The van der Waals surface area contributed by atoms with Gasteiger partial charge in [-0.2, -0.15) is 16.8 Å². The molecule has 0 aromatic carbocycles. The summed E-state index contributed by atoms with van der Waals surface area (Å²) in [5, 5.41) is 0. The first-order valence-corrected chi connectivity index (χ1v) is 9.10. The standard InChI is InChI=1S/2K.H2O6S5.H2O/c;;1-10(2,3)8-7-9-11(4,5)6;/h;;(H,1,2,3)(H,4,5,6);1H2. The summed E-state index contributed by atoms with van der Waals surface area (Å²) in [7, 11) is -8.44. The molecule has 7 nitrogen and oxygen atoms in total. The van der Waals surface area contributed by atoms with E-state index in [9.17, 15) is 16.8 Å². The maximum Gasteiger partial charge on any atom is 0.330 e. The minimum Gasteiger partial charge on any atom is -0.412 e. The molecule has 0 amide bonds. The third-order valence-corrected chi connectivity index (χ3v) is 9.14. The Morgan fingerprint density at radius 1 is 0.786 bits per heavy atom. The number of rotatable bonds is 4. The van der Waals surface area contributed by atoms with Crippen molar-refractivity contribution in [2.45, 2.75) is 0 Å². The molecular formula is H4K2O7S5. The quantitative estimate of drug-likeness (QED) is 0.371. The van der Waals surface area contributed by atoms with E-state index in [4.69, 9.17) is 9.11 Å². The molecular weight excluding hydrogens is 351 g/mol. The molecule has 78 valence electrons. The topological polar surface area (TPSA) is 140 Å². The van der Waals surface area contributed by atoms with Crippen molar-refractivity contribution < 1.29 is 31.4 Å². The molecule has 0 heterocycles. The largest absolute Gasteiger partial charge is 0.412 e. The fourth-order valence-electron chi connectivity index (χ4n) is 0.0815. The molecule has 0 rings (SSSR count). The van der Waals surface area contributed by atoms with Crippen LogP contribution in [0.1, 0.15) is 0 Å². The summed E-state index contributed by atoms with van der Waals surface area (Å²) in [6.07, 6.45) is 0. The summed E-state index contributed by atoms with van der Waals surface area (Å²) in [5.74, 6) is 0. The Kier molecular flexibility index (Phi) is 23.1. The van der Waals surface area contributed by atoms with Gasteiger partial charge in [-0.05, 0) is 0 Å². The molecule has 0 fully saturated rings. The van der Waals surface area contributed by atoms with Crippen molar-refractivity contribution in [3.05, 3.63) is 0 Å². The van der Waals surface area contributed by atoms with E-state index in [1.54, 1.807) is 0 Å². The zero-order valence-electron chi connectivity index (χ0n) is 7.07. The van der Waals surface area contributed by atoms with Crippen LogP contribution in [0.2, 0.25) is 0 Å². The Morgan fingerprint density at radius 2 is 1.00 bits per heavy atom. The fraction of sp³-hybridized carbons (Fsp3) is 0. The number of hydrogen-bond acceptors (Lipinski definition) is 7. The van der Waals surface area contributed by atoms with Gasteiger partial charge in [-0.1, -0.05) is 0 Å². The van der Waals surface area contributed by atoms with Gasteiger partial charge in [0.15, 0.2) is 0 Å². The predicted molar refractivity (Wildman–Crippen MR) is 61.0 cm³/mol. The Labute approximate surface area is 177 Å². The van der Waals surface area contributed by atoms with E-state index in [1.807, 2.05) is 0 Å². The van der Waals surface area contributed by atoms with Gasteiger partial charge >= 0.3 is 18.3 Å². The second-order valence-corrected chi connectivity index (χ2v) is 10.6. The molecule has 0 saturated heterocycles. The van der Waals surface area contributed by atoms with Crippen LogP contribution in [0.25, 0.3) is 0 Å². The van der Waals surface area contributed by atoms with Crippen LogP contribution in [0.3, 0.4) is 0 Å². The molecule has 0 spiro atoms. The van der Waals surface area contributed by atoms with E-state index < -0.39 is 18.3 Å². The molecule has 14 heteroatoms. The van der Waals surface area contributed by atoms with Gasteiger partial charge in [0.1, 0.15) is 0 Å². The van der Waals surface area contributed by atoms with Crippen LogP contribution in [0.4, 0.5) is 0 Å². The van der Waals surface area contributed by atoms with Gasteiger partial charge in [0.25, 0.3) is 0 Å². The molecule has 0 aliphatic rings. The minimum atomic E-state index is -4.26. The maximum absolute atomic E-state index is 9.92. The van der Waals surface area contributed by atoms with Crippen LogP contribution in [-0.4, -0.2) is 134 Å². The average Bonchev–Trinajstić information content (AvgIpc) is 1.55. The summed E-state index contributed by atoms with van der Waals surface area (Å²) < 4.78 is 55.8. The summed E-state index contributed by atoms with van der Waals surface area (Å²) in [5.41, 5.74) is 0. The zero-order valence-corrected chi connectivity index (χ0v) is 17.4. The summed E-state index contributed by atoms with van der Waals surface area (Å²) in [6.45, 7) is 0. The molecule has 0 bridgehead atoms. The first-order chi connectivity index (χ1) is 4.71. The second kappa shape index (κ2) is 12.2. The molecule has 4 N–H and O–H groups in total. The molecule has 0 unspecified atom stereocenters. The van der Waals surface area contributed by atoms with E-state index in [0.717, 1.165) is 0 Å². The van der Waals surface area contributed by atoms with Gasteiger partial charge in [0, 0.05) is 113 Å². The molecule has 0 aliphatic heterocycles. The van der Waals surface area contributed by atoms with Crippen molar-refractivity contribution in [2.75, 3.05) is 0 Å². The smallest absolute Gasteiger partial charge is 0.330 e. The monoisotopic (exact) mass is 354 g/mol. The van der Waals surface area contributed by atoms with Crippen molar-refractivity contribution in [3.63, 3.8) is 0 Å². The van der Waals surface area contributed by atoms with E-state index in [1.165, 1.54) is 0 Å². The summed E-state index contributed by atoms with van der Waals surface area (Å²) >= 11 is 0. The Morgan fingerprint density at radius 3 is 1.14 bits per heavy atom. The van der Waals surface area contributed by atoms with Crippen molar-refractivity contribution in [2.24, 2.45) is 0 Å². The van der Waals surface area contributed by atoms with E-state index >= 15 is 0 Å². The molecule has 0 saturated carbocycles. The van der Waals surface area contributed by atoms with Crippen LogP contribution in [0, 0.1) is 0 Å². The van der Waals surface area contributed by atoms with Gasteiger partial charge in [-0.15, -0.1) is 0 Å². The van der Waals surface area contributed by atoms with Crippen LogP contribution < -0.4 is 0 Å². The van der Waals surface area contributed by atoms with E-state index in [-0.39, 0.29) is 138 Å². The molecule has 0 atom stereocenters. The van der Waals surface area contributed by atoms with E-state index in [2.05, 4.69) is 0 Å². The van der Waals surface area contributed by atoms with Crippen LogP contribution in [0.15, 0.2) is 0 Å². The van der Waals surface area contributed by atoms with E-state index in [0.29, 0.717) is 0 Å². The molecule has 0 aromatic rings. The average molecular weight is 355 g/mol. The van der Waals surface area contributed by atoms with Gasteiger partial charge in [-0.25, -0.2) is 0 Å². The van der Waals surface area contributed by atoms with Gasteiger partial charge in [0.05, 0.1) is 19.7 Å². The van der Waals surface area contributed by atoms with Gasteiger partial charge in [-0.3, -0.25) is 9.11 Å². The summed E-state index contributed by atoms with van der Waals surface area (Å²) in [6, 6.07) is 0. The minimum absolute atomic E-state index is 0. The number of hydrogen-bond donors (Lipinski definition) is 2.